The molecule has 3 nitrogen and oxygen atoms in total. The van der Waals surface area contributed by atoms with Gasteiger partial charge in [0, 0.05) is 24.8 Å². The summed E-state index contributed by atoms with van der Waals surface area (Å²) >= 11 is 0. The van der Waals surface area contributed by atoms with E-state index >= 15 is 0 Å². The molecular formula is C12H12FN3. The molecule has 0 radical (unpaired) electrons. The maximum Gasteiger partial charge on any atom is 0.123 e. The van der Waals surface area contributed by atoms with Crippen LogP contribution in [0.15, 0.2) is 30.5 Å². The lowest BCUT2D eigenvalue weighted by atomic mass is 10.2. The van der Waals surface area contributed by atoms with Gasteiger partial charge in [0.15, 0.2) is 0 Å². The topological polar surface area (TPSA) is 29.9 Å². The van der Waals surface area contributed by atoms with Crippen molar-refractivity contribution in [3.8, 4) is 11.3 Å². The van der Waals surface area contributed by atoms with Crippen LogP contribution in [0.3, 0.4) is 0 Å². The molecule has 1 aromatic carbocycles. The van der Waals surface area contributed by atoms with Gasteiger partial charge in [0.1, 0.15) is 11.6 Å². The fraction of sp³-hybridized carbons (Fsp3) is 0.250. The lowest BCUT2D eigenvalue weighted by Gasteiger charge is -2.13. The number of hydrogen-bond acceptors (Lipinski definition) is 2. The molecule has 0 aliphatic carbocycles. The Balaban J connectivity index is 2.03. The van der Waals surface area contributed by atoms with Gasteiger partial charge in [0.05, 0.1) is 12.2 Å². The van der Waals surface area contributed by atoms with Crippen molar-refractivity contribution in [1.29, 1.82) is 0 Å². The maximum absolute atomic E-state index is 13.1. The van der Waals surface area contributed by atoms with Crippen LogP contribution in [0.4, 0.5) is 4.39 Å². The SMILES string of the molecule is Fc1cccc(-c2cn3c(n2)CNCC3)c1. The quantitative estimate of drug-likeness (QED) is 0.789. The summed E-state index contributed by atoms with van der Waals surface area (Å²) in [5.74, 6) is 0.798. The van der Waals surface area contributed by atoms with Gasteiger partial charge in [-0.25, -0.2) is 9.37 Å². The molecule has 2 heterocycles. The molecule has 82 valence electrons. The van der Waals surface area contributed by atoms with Gasteiger partial charge < -0.3 is 9.88 Å². The molecule has 0 saturated heterocycles. The summed E-state index contributed by atoms with van der Waals surface area (Å²) < 4.78 is 15.2. The Hall–Kier alpha value is -1.68. The number of halogens is 1. The molecule has 0 atom stereocenters. The van der Waals surface area contributed by atoms with E-state index in [0.717, 1.165) is 36.7 Å². The van der Waals surface area contributed by atoms with E-state index in [0.29, 0.717) is 0 Å². The molecule has 0 spiro atoms. The van der Waals surface area contributed by atoms with E-state index in [1.54, 1.807) is 6.07 Å². The molecule has 16 heavy (non-hydrogen) atoms. The highest BCUT2D eigenvalue weighted by molar-refractivity contribution is 5.58. The Kier molecular flexibility index (Phi) is 2.22. The van der Waals surface area contributed by atoms with Gasteiger partial charge in [-0.1, -0.05) is 12.1 Å². The number of fused-ring (bicyclic) bond motifs is 1. The molecule has 0 bridgehead atoms. The standard InChI is InChI=1S/C12H12FN3/c13-10-3-1-2-9(6-10)11-8-16-5-4-14-7-12(16)15-11/h1-3,6,8,14H,4-5,7H2. The lowest BCUT2D eigenvalue weighted by molar-refractivity contribution is 0.505. The van der Waals surface area contributed by atoms with Gasteiger partial charge in [-0.2, -0.15) is 0 Å². The van der Waals surface area contributed by atoms with Crippen LogP contribution in [0.1, 0.15) is 5.82 Å². The van der Waals surface area contributed by atoms with Crippen molar-refractivity contribution in [2.45, 2.75) is 13.1 Å². The molecular weight excluding hydrogens is 205 g/mol. The van der Waals surface area contributed by atoms with E-state index in [1.807, 2.05) is 12.3 Å². The van der Waals surface area contributed by atoms with Gasteiger partial charge in [0.2, 0.25) is 0 Å². The largest absolute Gasteiger partial charge is 0.332 e. The van der Waals surface area contributed by atoms with Crippen molar-refractivity contribution in [3.05, 3.63) is 42.1 Å². The fourth-order valence-electron chi connectivity index (χ4n) is 1.98. The minimum Gasteiger partial charge on any atom is -0.332 e. The summed E-state index contributed by atoms with van der Waals surface area (Å²) in [7, 11) is 0. The number of nitrogens with zero attached hydrogens (tertiary/aromatic N) is 2. The zero-order valence-electron chi connectivity index (χ0n) is 8.78. The summed E-state index contributed by atoms with van der Waals surface area (Å²) in [6.07, 6.45) is 1.99. The van der Waals surface area contributed by atoms with Gasteiger partial charge >= 0.3 is 0 Å². The van der Waals surface area contributed by atoms with Crippen LogP contribution >= 0.6 is 0 Å². The second kappa shape index (κ2) is 3.72. The lowest BCUT2D eigenvalue weighted by Crippen LogP contribution is -2.27. The molecule has 1 N–H and O–H groups in total. The minimum absolute atomic E-state index is 0.221. The summed E-state index contributed by atoms with van der Waals surface area (Å²) in [6, 6.07) is 6.55. The molecule has 1 aliphatic heterocycles. The van der Waals surface area contributed by atoms with Crippen molar-refractivity contribution < 1.29 is 4.39 Å². The average molecular weight is 217 g/mol. The number of rotatable bonds is 1. The van der Waals surface area contributed by atoms with Crippen LogP contribution in [-0.4, -0.2) is 16.1 Å². The van der Waals surface area contributed by atoms with E-state index in [2.05, 4.69) is 14.9 Å². The van der Waals surface area contributed by atoms with E-state index in [1.165, 1.54) is 12.1 Å². The summed E-state index contributed by atoms with van der Waals surface area (Å²) in [5, 5.41) is 3.26. The van der Waals surface area contributed by atoms with Crippen molar-refractivity contribution in [2.75, 3.05) is 6.54 Å². The molecule has 0 fully saturated rings. The first kappa shape index (κ1) is 9.54. The van der Waals surface area contributed by atoms with Crippen LogP contribution < -0.4 is 5.32 Å². The van der Waals surface area contributed by atoms with Crippen LogP contribution in [0, 0.1) is 5.82 Å². The molecule has 4 heteroatoms. The number of hydrogen-bond donors (Lipinski definition) is 1. The Labute approximate surface area is 92.9 Å². The van der Waals surface area contributed by atoms with Crippen LogP contribution in [-0.2, 0) is 13.1 Å². The minimum atomic E-state index is -0.221. The van der Waals surface area contributed by atoms with Gasteiger partial charge in [-0.15, -0.1) is 0 Å². The Morgan fingerprint density at radius 3 is 3.12 bits per heavy atom. The number of aromatic nitrogens is 2. The third-order valence-electron chi connectivity index (χ3n) is 2.79. The van der Waals surface area contributed by atoms with Crippen molar-refractivity contribution in [1.82, 2.24) is 14.9 Å². The van der Waals surface area contributed by atoms with Crippen LogP contribution in [0.25, 0.3) is 11.3 Å². The maximum atomic E-state index is 13.1. The molecule has 0 saturated carbocycles. The Morgan fingerprint density at radius 2 is 2.31 bits per heavy atom. The van der Waals surface area contributed by atoms with Gasteiger partial charge in [0.25, 0.3) is 0 Å². The van der Waals surface area contributed by atoms with Gasteiger partial charge in [-0.05, 0) is 12.1 Å². The zero-order valence-corrected chi connectivity index (χ0v) is 8.78. The predicted octanol–water partition coefficient (Wildman–Crippen LogP) is 1.79. The fourth-order valence-corrected chi connectivity index (χ4v) is 1.98. The van der Waals surface area contributed by atoms with Crippen molar-refractivity contribution in [3.63, 3.8) is 0 Å². The molecule has 0 amide bonds. The van der Waals surface area contributed by atoms with E-state index in [-0.39, 0.29) is 5.82 Å². The molecule has 3 rings (SSSR count). The van der Waals surface area contributed by atoms with Crippen molar-refractivity contribution in [2.24, 2.45) is 0 Å². The monoisotopic (exact) mass is 217 g/mol. The average Bonchev–Trinajstić information content (AvgIpc) is 2.72. The second-order valence-electron chi connectivity index (χ2n) is 3.92. The first-order chi connectivity index (χ1) is 7.83. The zero-order chi connectivity index (χ0) is 11.0. The number of imidazole rings is 1. The highest BCUT2D eigenvalue weighted by Crippen LogP contribution is 2.20. The normalized spacial score (nSPS) is 14.8. The van der Waals surface area contributed by atoms with E-state index in [4.69, 9.17) is 0 Å². The van der Waals surface area contributed by atoms with Crippen LogP contribution in [0.5, 0.6) is 0 Å². The first-order valence-electron chi connectivity index (χ1n) is 5.35. The molecule has 0 unspecified atom stereocenters. The second-order valence-corrected chi connectivity index (χ2v) is 3.92. The smallest absolute Gasteiger partial charge is 0.123 e. The first-order valence-corrected chi connectivity index (χ1v) is 5.35. The number of nitrogens with one attached hydrogen (secondary N) is 1. The summed E-state index contributed by atoms with van der Waals surface area (Å²) in [4.78, 5) is 4.50. The third-order valence-corrected chi connectivity index (χ3v) is 2.79. The highest BCUT2D eigenvalue weighted by Gasteiger charge is 2.12. The number of benzene rings is 1. The van der Waals surface area contributed by atoms with Crippen LogP contribution in [0.2, 0.25) is 0 Å². The predicted molar refractivity (Wildman–Crippen MR) is 59.3 cm³/mol. The highest BCUT2D eigenvalue weighted by atomic mass is 19.1. The summed E-state index contributed by atoms with van der Waals surface area (Å²) in [5.41, 5.74) is 1.68. The molecule has 1 aromatic heterocycles. The Morgan fingerprint density at radius 1 is 1.38 bits per heavy atom. The molecule has 1 aliphatic rings. The Bertz CT molecular complexity index is 495. The summed E-state index contributed by atoms with van der Waals surface area (Å²) in [6.45, 7) is 2.68. The van der Waals surface area contributed by atoms with E-state index in [9.17, 15) is 4.39 Å². The van der Waals surface area contributed by atoms with Gasteiger partial charge in [-0.3, -0.25) is 0 Å². The molecule has 2 aromatic rings. The van der Waals surface area contributed by atoms with E-state index < -0.39 is 0 Å². The third kappa shape index (κ3) is 1.61. The van der Waals surface area contributed by atoms with Crippen molar-refractivity contribution >= 4 is 0 Å².